The Balaban J connectivity index is 1.83. The highest BCUT2D eigenvalue weighted by Crippen LogP contribution is 2.30. The summed E-state index contributed by atoms with van der Waals surface area (Å²) in [5.41, 5.74) is 2.72. The van der Waals surface area contributed by atoms with Crippen LogP contribution in [0.4, 0.5) is 5.69 Å². The van der Waals surface area contributed by atoms with Crippen LogP contribution in [-0.4, -0.2) is 20.1 Å². The van der Waals surface area contributed by atoms with Gasteiger partial charge in [-0.05, 0) is 49.4 Å². The van der Waals surface area contributed by atoms with Crippen LogP contribution in [0, 0.1) is 5.92 Å². The molecule has 1 aliphatic rings. The number of benzene rings is 1. The zero-order chi connectivity index (χ0) is 12.1. The van der Waals surface area contributed by atoms with Crippen molar-refractivity contribution in [1.82, 2.24) is 5.32 Å². The summed E-state index contributed by atoms with van der Waals surface area (Å²) < 4.78 is 0. The van der Waals surface area contributed by atoms with E-state index in [4.69, 9.17) is 0 Å². The van der Waals surface area contributed by atoms with Crippen molar-refractivity contribution in [2.75, 3.05) is 25.0 Å². The summed E-state index contributed by atoms with van der Waals surface area (Å²) in [6.45, 7) is 5.50. The fourth-order valence-electron chi connectivity index (χ4n) is 2.07. The molecule has 0 spiro atoms. The van der Waals surface area contributed by atoms with Gasteiger partial charge < -0.3 is 10.2 Å². The molecule has 0 amide bonds. The third-order valence-corrected chi connectivity index (χ3v) is 3.36. The summed E-state index contributed by atoms with van der Waals surface area (Å²) >= 11 is 0. The van der Waals surface area contributed by atoms with Crippen LogP contribution in [0.5, 0.6) is 0 Å². The summed E-state index contributed by atoms with van der Waals surface area (Å²) in [7, 11) is 2.20. The van der Waals surface area contributed by atoms with Crippen molar-refractivity contribution in [3.05, 3.63) is 29.8 Å². The molecule has 1 aromatic carbocycles. The molecule has 0 bridgehead atoms. The van der Waals surface area contributed by atoms with E-state index in [9.17, 15) is 0 Å². The van der Waals surface area contributed by atoms with Gasteiger partial charge in [0.2, 0.25) is 0 Å². The number of nitrogens with zero attached hydrogens (tertiary/aromatic N) is 1. The van der Waals surface area contributed by atoms with E-state index in [1.807, 2.05) is 0 Å². The van der Waals surface area contributed by atoms with Gasteiger partial charge in [0.1, 0.15) is 0 Å². The average Bonchev–Trinajstić information content (AvgIpc) is 3.14. The number of rotatable bonds is 7. The number of hydrogen-bond donors (Lipinski definition) is 1. The molecule has 1 saturated carbocycles. The van der Waals surface area contributed by atoms with Crippen molar-refractivity contribution in [2.45, 2.75) is 32.7 Å². The average molecular weight is 232 g/mol. The van der Waals surface area contributed by atoms with Gasteiger partial charge in [0.05, 0.1) is 0 Å². The van der Waals surface area contributed by atoms with E-state index in [0.717, 1.165) is 19.0 Å². The van der Waals surface area contributed by atoms with Gasteiger partial charge in [0.25, 0.3) is 0 Å². The molecule has 0 aliphatic heterocycles. The zero-order valence-electron chi connectivity index (χ0n) is 11.1. The molecule has 1 fully saturated rings. The molecule has 0 unspecified atom stereocenters. The lowest BCUT2D eigenvalue weighted by Gasteiger charge is -2.19. The molecular weight excluding hydrogens is 208 g/mol. The standard InChI is InChI=1S/C15H24N2/c1-3-10-16-11-13-6-8-15(9-7-13)17(2)12-14-4-5-14/h6-9,14,16H,3-5,10-12H2,1-2H3. The van der Waals surface area contributed by atoms with Gasteiger partial charge >= 0.3 is 0 Å². The highest BCUT2D eigenvalue weighted by atomic mass is 15.1. The molecule has 94 valence electrons. The van der Waals surface area contributed by atoms with Crippen molar-refractivity contribution in [3.63, 3.8) is 0 Å². The maximum absolute atomic E-state index is 3.43. The van der Waals surface area contributed by atoms with Crippen LogP contribution in [0.2, 0.25) is 0 Å². The first-order valence-corrected chi connectivity index (χ1v) is 6.80. The van der Waals surface area contributed by atoms with E-state index in [0.29, 0.717) is 0 Å². The summed E-state index contributed by atoms with van der Waals surface area (Å²) in [5.74, 6) is 0.950. The lowest BCUT2D eigenvalue weighted by Crippen LogP contribution is -2.20. The Morgan fingerprint density at radius 1 is 1.24 bits per heavy atom. The largest absolute Gasteiger partial charge is 0.374 e. The van der Waals surface area contributed by atoms with Crippen molar-refractivity contribution in [1.29, 1.82) is 0 Å². The maximum Gasteiger partial charge on any atom is 0.0363 e. The fourth-order valence-corrected chi connectivity index (χ4v) is 2.07. The Labute approximate surface area is 105 Å². The van der Waals surface area contributed by atoms with E-state index in [-0.39, 0.29) is 0 Å². The molecule has 2 heteroatoms. The van der Waals surface area contributed by atoms with E-state index in [1.54, 1.807) is 0 Å². The minimum absolute atomic E-state index is 0.950. The number of nitrogens with one attached hydrogen (secondary N) is 1. The van der Waals surface area contributed by atoms with Gasteiger partial charge in [-0.2, -0.15) is 0 Å². The van der Waals surface area contributed by atoms with Gasteiger partial charge in [0, 0.05) is 25.8 Å². The second kappa shape index (κ2) is 6.06. The summed E-state index contributed by atoms with van der Waals surface area (Å²) in [4.78, 5) is 2.38. The van der Waals surface area contributed by atoms with Crippen LogP contribution < -0.4 is 10.2 Å². The van der Waals surface area contributed by atoms with Crippen LogP contribution in [0.1, 0.15) is 31.7 Å². The van der Waals surface area contributed by atoms with Crippen LogP contribution in [0.15, 0.2) is 24.3 Å². The molecule has 17 heavy (non-hydrogen) atoms. The van der Waals surface area contributed by atoms with Gasteiger partial charge in [0.15, 0.2) is 0 Å². The minimum Gasteiger partial charge on any atom is -0.374 e. The van der Waals surface area contributed by atoms with E-state index in [2.05, 4.69) is 48.5 Å². The predicted molar refractivity (Wildman–Crippen MR) is 74.4 cm³/mol. The van der Waals surface area contributed by atoms with Crippen molar-refractivity contribution < 1.29 is 0 Å². The predicted octanol–water partition coefficient (Wildman–Crippen LogP) is 3.03. The summed E-state index contributed by atoms with van der Waals surface area (Å²) in [5, 5.41) is 3.43. The Hall–Kier alpha value is -1.02. The second-order valence-electron chi connectivity index (χ2n) is 5.17. The molecule has 0 aromatic heterocycles. The lowest BCUT2D eigenvalue weighted by molar-refractivity contribution is 0.675. The van der Waals surface area contributed by atoms with Crippen molar-refractivity contribution >= 4 is 5.69 Å². The van der Waals surface area contributed by atoms with E-state index in [1.165, 1.54) is 37.1 Å². The Morgan fingerprint density at radius 3 is 2.53 bits per heavy atom. The summed E-state index contributed by atoms with van der Waals surface area (Å²) in [6.07, 6.45) is 4.04. The first kappa shape index (κ1) is 12.4. The maximum atomic E-state index is 3.43. The zero-order valence-corrected chi connectivity index (χ0v) is 11.1. The highest BCUT2D eigenvalue weighted by molar-refractivity contribution is 5.47. The first-order valence-electron chi connectivity index (χ1n) is 6.80. The summed E-state index contributed by atoms with van der Waals surface area (Å²) in [6, 6.07) is 8.96. The molecule has 1 aliphatic carbocycles. The highest BCUT2D eigenvalue weighted by Gasteiger charge is 2.22. The SMILES string of the molecule is CCCNCc1ccc(N(C)CC2CC2)cc1. The van der Waals surface area contributed by atoms with Gasteiger partial charge in [-0.15, -0.1) is 0 Å². The molecular formula is C15H24N2. The quantitative estimate of drug-likeness (QED) is 0.727. The first-order chi connectivity index (χ1) is 8.29. The van der Waals surface area contributed by atoms with E-state index < -0.39 is 0 Å². The molecule has 2 nitrogen and oxygen atoms in total. The molecule has 0 heterocycles. The van der Waals surface area contributed by atoms with Crippen LogP contribution in [0.3, 0.4) is 0 Å². The molecule has 2 rings (SSSR count). The molecule has 1 aromatic rings. The van der Waals surface area contributed by atoms with Crippen LogP contribution in [-0.2, 0) is 6.54 Å². The molecule has 0 radical (unpaired) electrons. The van der Waals surface area contributed by atoms with Crippen LogP contribution in [0.25, 0.3) is 0 Å². The van der Waals surface area contributed by atoms with Gasteiger partial charge in [-0.1, -0.05) is 19.1 Å². The minimum atomic E-state index is 0.950. The Bertz CT molecular complexity index is 327. The smallest absolute Gasteiger partial charge is 0.0363 e. The number of anilines is 1. The monoisotopic (exact) mass is 232 g/mol. The third-order valence-electron chi connectivity index (χ3n) is 3.36. The van der Waals surface area contributed by atoms with Gasteiger partial charge in [-0.3, -0.25) is 0 Å². The van der Waals surface area contributed by atoms with Gasteiger partial charge in [-0.25, -0.2) is 0 Å². The Morgan fingerprint density at radius 2 is 1.94 bits per heavy atom. The number of hydrogen-bond acceptors (Lipinski definition) is 2. The third kappa shape index (κ3) is 4.04. The fraction of sp³-hybridized carbons (Fsp3) is 0.600. The van der Waals surface area contributed by atoms with Crippen molar-refractivity contribution in [2.24, 2.45) is 5.92 Å². The normalized spacial score (nSPS) is 14.9. The topological polar surface area (TPSA) is 15.3 Å². The van der Waals surface area contributed by atoms with Crippen molar-refractivity contribution in [3.8, 4) is 0 Å². The van der Waals surface area contributed by atoms with E-state index >= 15 is 0 Å². The second-order valence-corrected chi connectivity index (χ2v) is 5.17. The Kier molecular flexibility index (Phi) is 4.43. The molecule has 1 N–H and O–H groups in total. The molecule has 0 saturated heterocycles. The molecule has 0 atom stereocenters. The lowest BCUT2D eigenvalue weighted by atomic mass is 10.2. The van der Waals surface area contributed by atoms with Crippen LogP contribution >= 0.6 is 0 Å².